The van der Waals surface area contributed by atoms with Crippen molar-refractivity contribution in [2.24, 2.45) is 0 Å². The highest BCUT2D eigenvalue weighted by Crippen LogP contribution is 2.42. The second kappa shape index (κ2) is 6.46. The molecule has 0 bridgehead atoms. The van der Waals surface area contributed by atoms with Gasteiger partial charge in [0.15, 0.2) is 0 Å². The summed E-state index contributed by atoms with van der Waals surface area (Å²) in [5.41, 5.74) is 2.02. The van der Waals surface area contributed by atoms with Gasteiger partial charge in [0.25, 0.3) is 0 Å². The van der Waals surface area contributed by atoms with Gasteiger partial charge in [0.1, 0.15) is 0 Å². The van der Waals surface area contributed by atoms with Crippen LogP contribution in [0.4, 0.5) is 13.2 Å². The summed E-state index contributed by atoms with van der Waals surface area (Å²) >= 11 is 0. The lowest BCUT2D eigenvalue weighted by atomic mass is 9.81. The number of rotatable bonds is 0. The largest absolute Gasteiger partial charge is 0.522 e. The van der Waals surface area contributed by atoms with Gasteiger partial charge in [-0.15, -0.1) is 0 Å². The molecule has 2 aromatic rings. The van der Waals surface area contributed by atoms with E-state index in [1.165, 1.54) is 27.8 Å². The zero-order chi connectivity index (χ0) is 19.0. The van der Waals surface area contributed by atoms with Gasteiger partial charge >= 0.3 is 15.6 Å². The van der Waals surface area contributed by atoms with Crippen molar-refractivity contribution < 1.29 is 26.1 Å². The van der Waals surface area contributed by atoms with Crippen LogP contribution >= 0.6 is 0 Å². The molecule has 2 aromatic carbocycles. The summed E-state index contributed by atoms with van der Waals surface area (Å²) in [6.45, 7) is 6.89. The Kier molecular flexibility index (Phi) is 5.03. The second-order valence-electron chi connectivity index (χ2n) is 6.84. The van der Waals surface area contributed by atoms with E-state index in [9.17, 15) is 13.2 Å². The molecule has 7 heteroatoms. The minimum absolute atomic E-state index is 0.211. The molecular weight excluding hydrogens is 353 g/mol. The van der Waals surface area contributed by atoms with Crippen molar-refractivity contribution in [2.75, 3.05) is 0 Å². The summed E-state index contributed by atoms with van der Waals surface area (Å²) < 4.78 is 57.5. The van der Waals surface area contributed by atoms with Gasteiger partial charge in [0.05, 0.1) is 0 Å². The molecule has 0 unspecified atom stereocenters. The summed E-state index contributed by atoms with van der Waals surface area (Å²) in [6, 6.07) is 15.5. The molecule has 0 aliphatic heterocycles. The first-order valence-corrected chi connectivity index (χ1v) is 9.01. The maximum Gasteiger partial charge on any atom is 0.522 e. The third-order valence-electron chi connectivity index (χ3n) is 3.92. The van der Waals surface area contributed by atoms with Gasteiger partial charge in [0, 0.05) is 0 Å². The summed E-state index contributed by atoms with van der Waals surface area (Å²) in [5, 5.41) is 0. The Labute approximate surface area is 145 Å². The molecular formula is C18H19F3O3S. The maximum atomic E-state index is 10.7. The minimum Gasteiger partial charge on any atom is -0.279 e. The topological polar surface area (TPSA) is 54.4 Å². The minimum atomic E-state index is -5.84. The molecule has 0 atom stereocenters. The van der Waals surface area contributed by atoms with Crippen LogP contribution in [0.5, 0.6) is 0 Å². The van der Waals surface area contributed by atoms with E-state index in [4.69, 9.17) is 13.0 Å². The predicted molar refractivity (Wildman–Crippen MR) is 91.0 cm³/mol. The average molecular weight is 372 g/mol. The maximum absolute atomic E-state index is 10.7. The van der Waals surface area contributed by atoms with Crippen molar-refractivity contribution in [2.45, 2.75) is 38.1 Å². The molecule has 0 radical (unpaired) electrons. The lowest BCUT2D eigenvalue weighted by Gasteiger charge is -2.23. The van der Waals surface area contributed by atoms with Crippen LogP contribution in [0.25, 0.3) is 11.1 Å². The van der Waals surface area contributed by atoms with Crippen molar-refractivity contribution in [1.82, 2.24) is 0 Å². The van der Waals surface area contributed by atoms with Crippen molar-refractivity contribution in [3.8, 4) is 11.1 Å². The van der Waals surface area contributed by atoms with Crippen LogP contribution in [-0.4, -0.2) is 18.5 Å². The Morgan fingerprint density at radius 1 is 0.920 bits per heavy atom. The second-order valence-corrected chi connectivity index (χ2v) is 8.26. The molecule has 1 aliphatic carbocycles. The SMILES string of the molecule is CC(C)(C)c1cccc2c1-c1ccccc1C2.O=S(=O)(O)C(F)(F)F. The number of fused-ring (bicyclic) bond motifs is 3. The van der Waals surface area contributed by atoms with Crippen molar-refractivity contribution in [3.63, 3.8) is 0 Å². The highest BCUT2D eigenvalue weighted by atomic mass is 32.2. The lowest BCUT2D eigenvalue weighted by Crippen LogP contribution is -2.21. The first kappa shape index (κ1) is 19.5. The van der Waals surface area contributed by atoms with E-state index in [-0.39, 0.29) is 5.41 Å². The molecule has 1 aliphatic rings. The molecule has 0 heterocycles. The van der Waals surface area contributed by atoms with Gasteiger partial charge in [-0.05, 0) is 39.7 Å². The highest BCUT2D eigenvalue weighted by molar-refractivity contribution is 7.86. The molecule has 3 nitrogen and oxygen atoms in total. The van der Waals surface area contributed by atoms with Gasteiger partial charge in [-0.1, -0.05) is 63.2 Å². The number of alkyl halides is 3. The molecule has 3 rings (SSSR count). The molecule has 136 valence electrons. The third-order valence-corrected chi connectivity index (χ3v) is 4.50. The number of hydrogen-bond acceptors (Lipinski definition) is 2. The summed E-state index contributed by atoms with van der Waals surface area (Å²) in [5.74, 6) is 0. The smallest absolute Gasteiger partial charge is 0.279 e. The van der Waals surface area contributed by atoms with Crippen molar-refractivity contribution >= 4 is 10.1 Å². The first-order chi connectivity index (χ1) is 11.3. The average Bonchev–Trinajstić information content (AvgIpc) is 2.83. The normalized spacial score (nSPS) is 13.6. The van der Waals surface area contributed by atoms with Crippen LogP contribution in [0.2, 0.25) is 0 Å². The van der Waals surface area contributed by atoms with E-state index >= 15 is 0 Å². The van der Waals surface area contributed by atoms with Crippen LogP contribution in [0.1, 0.15) is 37.5 Å². The van der Waals surface area contributed by atoms with Crippen LogP contribution < -0.4 is 0 Å². The summed E-state index contributed by atoms with van der Waals surface area (Å²) in [6.07, 6.45) is 1.09. The van der Waals surface area contributed by atoms with Crippen LogP contribution in [0.15, 0.2) is 42.5 Å². The Hall–Kier alpha value is -1.86. The Morgan fingerprint density at radius 2 is 1.44 bits per heavy atom. The molecule has 25 heavy (non-hydrogen) atoms. The Bertz CT molecular complexity index is 879. The fourth-order valence-corrected chi connectivity index (χ4v) is 2.81. The molecule has 0 saturated heterocycles. The monoisotopic (exact) mass is 372 g/mol. The van der Waals surface area contributed by atoms with Gasteiger partial charge in [0.2, 0.25) is 0 Å². The van der Waals surface area contributed by atoms with Crippen molar-refractivity contribution in [3.05, 3.63) is 59.2 Å². The van der Waals surface area contributed by atoms with E-state index in [0.717, 1.165) is 6.42 Å². The van der Waals surface area contributed by atoms with E-state index in [1.807, 2.05) is 0 Å². The van der Waals surface area contributed by atoms with E-state index in [0.29, 0.717) is 0 Å². The fourth-order valence-electron chi connectivity index (χ4n) is 2.81. The Balaban J connectivity index is 0.000000242. The van der Waals surface area contributed by atoms with Gasteiger partial charge in [-0.25, -0.2) is 0 Å². The zero-order valence-electron chi connectivity index (χ0n) is 14.1. The fraction of sp³-hybridized carbons (Fsp3) is 0.333. The van der Waals surface area contributed by atoms with E-state index < -0.39 is 15.6 Å². The molecule has 0 fully saturated rings. The molecule has 1 N–H and O–H groups in total. The lowest BCUT2D eigenvalue weighted by molar-refractivity contribution is -0.0510. The van der Waals surface area contributed by atoms with Gasteiger partial charge < -0.3 is 0 Å². The molecule has 0 spiro atoms. The highest BCUT2D eigenvalue weighted by Gasteiger charge is 2.44. The molecule has 0 aromatic heterocycles. The van der Waals surface area contributed by atoms with Crippen molar-refractivity contribution in [1.29, 1.82) is 0 Å². The molecule has 0 saturated carbocycles. The predicted octanol–water partition coefficient (Wildman–Crippen LogP) is 4.95. The number of benzene rings is 2. The number of halogens is 3. The number of hydrogen-bond donors (Lipinski definition) is 1. The first-order valence-electron chi connectivity index (χ1n) is 7.57. The third kappa shape index (κ3) is 4.22. The van der Waals surface area contributed by atoms with E-state index in [2.05, 4.69) is 63.2 Å². The van der Waals surface area contributed by atoms with Crippen LogP contribution in [0, 0.1) is 0 Å². The zero-order valence-corrected chi connectivity index (χ0v) is 14.9. The van der Waals surface area contributed by atoms with E-state index in [1.54, 1.807) is 0 Å². The van der Waals surface area contributed by atoms with Gasteiger partial charge in [-0.3, -0.25) is 4.55 Å². The molecule has 0 amide bonds. The van der Waals surface area contributed by atoms with Crippen LogP contribution in [0.3, 0.4) is 0 Å². The quantitative estimate of drug-likeness (QED) is 0.449. The summed E-state index contributed by atoms with van der Waals surface area (Å²) in [7, 11) is -5.84. The summed E-state index contributed by atoms with van der Waals surface area (Å²) in [4.78, 5) is 0. The van der Waals surface area contributed by atoms with Crippen LogP contribution in [-0.2, 0) is 22.0 Å². The Morgan fingerprint density at radius 3 is 1.96 bits per heavy atom. The standard InChI is InChI=1S/C17H18.CHF3O3S/c1-17(2,3)15-10-6-8-13-11-12-7-4-5-9-14(12)16(13)15;2-1(3,4)8(5,6)7/h4-10H,11H2,1-3H3;(H,5,6,7). The van der Waals surface area contributed by atoms with Gasteiger partial charge in [-0.2, -0.15) is 21.6 Å².